The largest absolute Gasteiger partial charge is 0.256 e. The molecular formula is C27H25NS. The summed E-state index contributed by atoms with van der Waals surface area (Å²) in [4.78, 5) is 4.85. The minimum Gasteiger partial charge on any atom is -0.256 e. The summed E-state index contributed by atoms with van der Waals surface area (Å²) in [7, 11) is 0. The van der Waals surface area contributed by atoms with Crippen LogP contribution in [0, 0.1) is 23.7 Å². The number of rotatable bonds is 2. The molecule has 4 fully saturated rings. The van der Waals surface area contributed by atoms with E-state index < -0.39 is 0 Å². The fourth-order valence-corrected chi connectivity index (χ4v) is 8.44. The van der Waals surface area contributed by atoms with Crippen LogP contribution in [-0.4, -0.2) is 4.98 Å². The van der Waals surface area contributed by atoms with E-state index in [4.69, 9.17) is 4.98 Å². The van der Waals surface area contributed by atoms with E-state index in [1.807, 2.05) is 11.3 Å². The van der Waals surface area contributed by atoms with Gasteiger partial charge in [-0.05, 0) is 85.5 Å². The molecule has 0 N–H and O–H groups in total. The molecule has 0 radical (unpaired) electrons. The molecule has 0 unspecified atom stereocenters. The lowest BCUT2D eigenvalue weighted by atomic mass is 9.51. The van der Waals surface area contributed by atoms with Crippen LogP contribution in [0.1, 0.15) is 43.6 Å². The summed E-state index contributed by atoms with van der Waals surface area (Å²) in [5.41, 5.74) is 4.02. The number of nitrogens with zero attached hydrogens (tertiary/aromatic N) is 1. The molecule has 2 aromatic heterocycles. The molecule has 29 heavy (non-hydrogen) atoms. The smallest absolute Gasteiger partial charge is 0.0719 e. The molecular weight excluding hydrogens is 370 g/mol. The Kier molecular flexibility index (Phi) is 3.52. The van der Waals surface area contributed by atoms with E-state index in [1.165, 1.54) is 57.8 Å². The van der Waals surface area contributed by atoms with Crippen LogP contribution in [0.2, 0.25) is 0 Å². The maximum absolute atomic E-state index is 4.85. The Morgan fingerprint density at radius 1 is 0.759 bits per heavy atom. The zero-order chi connectivity index (χ0) is 18.9. The first kappa shape index (κ1) is 16.6. The molecule has 144 valence electrons. The average Bonchev–Trinajstić information content (AvgIpc) is 3.12. The van der Waals surface area contributed by atoms with Gasteiger partial charge in [0.15, 0.2) is 0 Å². The Morgan fingerprint density at radius 3 is 2.34 bits per heavy atom. The summed E-state index contributed by atoms with van der Waals surface area (Å²) in [5, 5.41) is 2.73. The highest BCUT2D eigenvalue weighted by Crippen LogP contribution is 2.59. The lowest BCUT2D eigenvalue weighted by Crippen LogP contribution is -2.43. The lowest BCUT2D eigenvalue weighted by Gasteiger charge is -2.54. The van der Waals surface area contributed by atoms with Crippen molar-refractivity contribution in [3.63, 3.8) is 0 Å². The van der Waals surface area contributed by atoms with Crippen LogP contribution >= 0.6 is 11.3 Å². The van der Waals surface area contributed by atoms with Gasteiger partial charge in [0.1, 0.15) is 0 Å². The second-order valence-corrected chi connectivity index (χ2v) is 10.8. The second kappa shape index (κ2) is 6.15. The van der Waals surface area contributed by atoms with Crippen LogP contribution < -0.4 is 0 Å². The number of benzene rings is 2. The third-order valence-corrected chi connectivity index (χ3v) is 9.30. The first-order chi connectivity index (χ1) is 14.3. The van der Waals surface area contributed by atoms with Gasteiger partial charge in [-0.3, -0.25) is 4.98 Å². The number of thiophene rings is 1. The molecule has 2 aromatic carbocycles. The summed E-state index contributed by atoms with van der Waals surface area (Å²) in [6, 6.07) is 20.3. The lowest BCUT2D eigenvalue weighted by molar-refractivity contribution is -0.00278. The van der Waals surface area contributed by atoms with Crippen molar-refractivity contribution in [1.82, 2.24) is 4.98 Å². The molecule has 0 aliphatic heterocycles. The third-order valence-electron chi connectivity index (χ3n) is 8.08. The Bertz CT molecular complexity index is 1210. The molecule has 4 aliphatic rings. The van der Waals surface area contributed by atoms with Crippen molar-refractivity contribution < 1.29 is 0 Å². The van der Waals surface area contributed by atoms with E-state index in [-0.39, 0.29) is 0 Å². The van der Waals surface area contributed by atoms with Crippen LogP contribution in [0.4, 0.5) is 0 Å². The van der Waals surface area contributed by atoms with Gasteiger partial charge in [-0.15, -0.1) is 11.3 Å². The molecule has 4 saturated carbocycles. The summed E-state index contributed by atoms with van der Waals surface area (Å²) in [6.45, 7) is 0. The number of hydrogen-bond acceptors (Lipinski definition) is 2. The van der Waals surface area contributed by atoms with Crippen molar-refractivity contribution in [3.05, 3.63) is 66.4 Å². The topological polar surface area (TPSA) is 12.9 Å². The van der Waals surface area contributed by atoms with Gasteiger partial charge >= 0.3 is 0 Å². The van der Waals surface area contributed by atoms with Gasteiger partial charge in [0, 0.05) is 31.9 Å². The second-order valence-electron chi connectivity index (χ2n) is 9.71. The highest BCUT2D eigenvalue weighted by molar-refractivity contribution is 7.26. The standard InChI is InChI=1S/C27H25NS/c1-2-7-25-21(4-1)22-5-3-6-23(27(22)29-25)24-15-18(8-9-28-24)26-19-11-16-10-17(13-19)14-20(26)12-16/h1-9,15-17,19-20,26H,10-14H2. The van der Waals surface area contributed by atoms with Crippen LogP contribution in [0.5, 0.6) is 0 Å². The van der Waals surface area contributed by atoms with Gasteiger partial charge in [-0.2, -0.15) is 0 Å². The van der Waals surface area contributed by atoms with E-state index in [2.05, 4.69) is 60.8 Å². The van der Waals surface area contributed by atoms with Gasteiger partial charge in [-0.25, -0.2) is 0 Å². The van der Waals surface area contributed by atoms with Crippen LogP contribution in [0.3, 0.4) is 0 Å². The van der Waals surface area contributed by atoms with Crippen LogP contribution in [0.25, 0.3) is 31.4 Å². The molecule has 4 bridgehead atoms. The number of fused-ring (bicyclic) bond motifs is 3. The van der Waals surface area contributed by atoms with Gasteiger partial charge in [0.2, 0.25) is 0 Å². The average molecular weight is 396 g/mol. The normalized spacial score (nSPS) is 30.4. The molecule has 0 saturated heterocycles. The van der Waals surface area contributed by atoms with Crippen molar-refractivity contribution in [2.75, 3.05) is 0 Å². The fraction of sp³-hybridized carbons (Fsp3) is 0.370. The van der Waals surface area contributed by atoms with Gasteiger partial charge in [0.05, 0.1) is 5.69 Å². The first-order valence-electron chi connectivity index (χ1n) is 11.2. The molecule has 8 rings (SSSR count). The van der Waals surface area contributed by atoms with E-state index in [9.17, 15) is 0 Å². The van der Waals surface area contributed by atoms with Crippen molar-refractivity contribution in [1.29, 1.82) is 0 Å². The Labute approximate surface area is 175 Å². The minimum atomic E-state index is 0.770. The predicted octanol–water partition coefficient (Wildman–Crippen LogP) is 7.66. The maximum Gasteiger partial charge on any atom is 0.0719 e. The van der Waals surface area contributed by atoms with Crippen molar-refractivity contribution in [3.8, 4) is 11.3 Å². The Hall–Kier alpha value is -2.19. The van der Waals surface area contributed by atoms with Crippen molar-refractivity contribution in [2.45, 2.75) is 38.0 Å². The van der Waals surface area contributed by atoms with Gasteiger partial charge in [0.25, 0.3) is 0 Å². The predicted molar refractivity (Wildman–Crippen MR) is 122 cm³/mol. The SMILES string of the molecule is c1ccc2c(c1)sc1c(-c3cc(C4C5CC6CC(C5)CC4C6)ccn3)cccc12. The third kappa shape index (κ3) is 2.48. The summed E-state index contributed by atoms with van der Waals surface area (Å²) < 4.78 is 2.75. The van der Waals surface area contributed by atoms with Crippen LogP contribution in [0.15, 0.2) is 60.8 Å². The monoisotopic (exact) mass is 395 g/mol. The summed E-state index contributed by atoms with van der Waals surface area (Å²) in [6.07, 6.45) is 9.49. The molecule has 0 atom stereocenters. The first-order valence-corrected chi connectivity index (χ1v) is 12.0. The highest BCUT2D eigenvalue weighted by atomic mass is 32.1. The summed E-state index contributed by atoms with van der Waals surface area (Å²) >= 11 is 1.91. The Morgan fingerprint density at radius 2 is 1.52 bits per heavy atom. The zero-order valence-corrected chi connectivity index (χ0v) is 17.4. The van der Waals surface area contributed by atoms with E-state index in [0.29, 0.717) is 0 Å². The fourth-order valence-electron chi connectivity index (χ4n) is 7.22. The summed E-state index contributed by atoms with van der Waals surface area (Å²) in [5.74, 6) is 4.67. The molecule has 4 aromatic rings. The van der Waals surface area contributed by atoms with E-state index in [0.717, 1.165) is 35.3 Å². The van der Waals surface area contributed by atoms with E-state index in [1.54, 1.807) is 5.56 Å². The number of pyridine rings is 1. The molecule has 2 heteroatoms. The molecule has 1 nitrogen and oxygen atoms in total. The molecule has 0 spiro atoms. The molecule has 0 amide bonds. The quantitative estimate of drug-likeness (QED) is 0.339. The van der Waals surface area contributed by atoms with Crippen LogP contribution in [-0.2, 0) is 0 Å². The number of hydrogen-bond donors (Lipinski definition) is 0. The maximum atomic E-state index is 4.85. The highest BCUT2D eigenvalue weighted by Gasteiger charge is 2.48. The van der Waals surface area contributed by atoms with Crippen molar-refractivity contribution in [2.24, 2.45) is 23.7 Å². The Balaban J connectivity index is 1.35. The van der Waals surface area contributed by atoms with Gasteiger partial charge in [-0.1, -0.05) is 36.4 Å². The van der Waals surface area contributed by atoms with Crippen molar-refractivity contribution >= 4 is 31.5 Å². The molecule has 4 aliphatic carbocycles. The van der Waals surface area contributed by atoms with Gasteiger partial charge < -0.3 is 0 Å². The minimum absolute atomic E-state index is 0.770. The van der Waals surface area contributed by atoms with E-state index >= 15 is 0 Å². The number of aromatic nitrogens is 1. The zero-order valence-electron chi connectivity index (χ0n) is 16.6. The molecule has 2 heterocycles.